The number of aliphatic hydroxyl groups excluding tert-OH is 2. The summed E-state index contributed by atoms with van der Waals surface area (Å²) in [5.41, 5.74) is 2.62. The van der Waals surface area contributed by atoms with Crippen LogP contribution in [0.2, 0.25) is 0 Å². The van der Waals surface area contributed by atoms with Crippen LogP contribution in [0.4, 0.5) is 0 Å². The minimum Gasteiger partial charge on any atom is -0.394 e. The van der Waals surface area contributed by atoms with E-state index in [0.717, 1.165) is 25.0 Å². The summed E-state index contributed by atoms with van der Waals surface area (Å²) in [5, 5.41) is 19.1. The number of hydrogen-bond donors (Lipinski definition) is 2. The highest BCUT2D eigenvalue weighted by Crippen LogP contribution is 2.50. The Morgan fingerprint density at radius 2 is 2.25 bits per heavy atom. The van der Waals surface area contributed by atoms with Gasteiger partial charge in [-0.25, -0.2) is 4.98 Å². The first kappa shape index (κ1) is 17.8. The third-order valence-corrected chi connectivity index (χ3v) is 6.61. The molecule has 2 aliphatic rings. The minimum absolute atomic E-state index is 0.00425. The number of likely N-dealkylation sites (tertiary alicyclic amines) is 1. The smallest absolute Gasteiger partial charge is 0.222 e. The summed E-state index contributed by atoms with van der Waals surface area (Å²) in [6.45, 7) is 3.65. The molecule has 2 fully saturated rings. The summed E-state index contributed by atoms with van der Waals surface area (Å²) >= 11 is 1.61. The van der Waals surface area contributed by atoms with Crippen LogP contribution in [-0.4, -0.2) is 64.5 Å². The highest BCUT2D eigenvalue weighted by molar-refractivity contribution is 7.09. The molecule has 7 heteroatoms. The lowest BCUT2D eigenvalue weighted by Gasteiger charge is -2.56. The van der Waals surface area contributed by atoms with Gasteiger partial charge in [-0.05, 0) is 26.2 Å². The number of carbonyl (C=O) groups excluding carboxylic acids is 1. The topological polar surface area (TPSA) is 82.9 Å². The molecule has 1 saturated heterocycles. The Balaban J connectivity index is 1.49. The zero-order valence-electron chi connectivity index (χ0n) is 14.1. The Kier molecular flexibility index (Phi) is 5.54. The average Bonchev–Trinajstić information content (AvgIpc) is 3.01. The molecule has 2 atom stereocenters. The van der Waals surface area contributed by atoms with Crippen molar-refractivity contribution in [2.75, 3.05) is 26.3 Å². The molecule has 0 radical (unpaired) electrons. The molecule has 0 bridgehead atoms. The van der Waals surface area contributed by atoms with E-state index in [2.05, 4.69) is 4.98 Å². The number of hydrogen-bond acceptors (Lipinski definition) is 6. The van der Waals surface area contributed by atoms with E-state index in [-0.39, 0.29) is 30.1 Å². The Labute approximate surface area is 146 Å². The van der Waals surface area contributed by atoms with E-state index < -0.39 is 0 Å². The highest BCUT2D eigenvalue weighted by atomic mass is 32.1. The van der Waals surface area contributed by atoms with Gasteiger partial charge in [0.15, 0.2) is 0 Å². The van der Waals surface area contributed by atoms with Crippen LogP contribution in [0.5, 0.6) is 0 Å². The predicted molar refractivity (Wildman–Crippen MR) is 90.9 cm³/mol. The zero-order valence-corrected chi connectivity index (χ0v) is 14.9. The van der Waals surface area contributed by atoms with Gasteiger partial charge in [0.1, 0.15) is 0 Å². The molecule has 2 N–H and O–H groups in total. The molecule has 1 aromatic rings. The molecular formula is C17H26N2O4S. The molecule has 1 aliphatic heterocycles. The van der Waals surface area contributed by atoms with Gasteiger partial charge in [-0.1, -0.05) is 0 Å². The quantitative estimate of drug-likeness (QED) is 0.800. The summed E-state index contributed by atoms with van der Waals surface area (Å²) in [7, 11) is 0. The van der Waals surface area contributed by atoms with Gasteiger partial charge in [0.05, 0.1) is 36.6 Å². The molecule has 3 rings (SSSR count). The van der Waals surface area contributed by atoms with Crippen LogP contribution in [0.25, 0.3) is 0 Å². The van der Waals surface area contributed by atoms with E-state index >= 15 is 0 Å². The molecule has 1 aliphatic carbocycles. The number of rotatable bonds is 6. The number of ether oxygens (including phenoxy) is 1. The maximum absolute atomic E-state index is 12.4. The Morgan fingerprint density at radius 3 is 2.83 bits per heavy atom. The highest BCUT2D eigenvalue weighted by Gasteiger charge is 2.56. The fourth-order valence-electron chi connectivity index (χ4n) is 3.93. The van der Waals surface area contributed by atoms with Gasteiger partial charge in [0.25, 0.3) is 0 Å². The minimum atomic E-state index is -0.349. The van der Waals surface area contributed by atoms with Crippen molar-refractivity contribution in [2.45, 2.75) is 51.2 Å². The molecule has 0 unspecified atom stereocenters. The van der Waals surface area contributed by atoms with E-state index in [4.69, 9.17) is 9.84 Å². The molecule has 134 valence electrons. The van der Waals surface area contributed by atoms with E-state index in [1.54, 1.807) is 11.3 Å². The first-order valence-electron chi connectivity index (χ1n) is 8.64. The van der Waals surface area contributed by atoms with Gasteiger partial charge in [0, 0.05) is 36.2 Å². The first-order valence-corrected chi connectivity index (χ1v) is 9.52. The van der Waals surface area contributed by atoms with Crippen molar-refractivity contribution in [3.63, 3.8) is 0 Å². The number of piperidine rings is 1. The molecular weight excluding hydrogens is 328 g/mol. The van der Waals surface area contributed by atoms with Crippen LogP contribution in [0.15, 0.2) is 5.51 Å². The summed E-state index contributed by atoms with van der Waals surface area (Å²) in [6.07, 6.45) is 3.12. The van der Waals surface area contributed by atoms with Crippen molar-refractivity contribution in [1.29, 1.82) is 0 Å². The number of carbonyl (C=O) groups is 1. The van der Waals surface area contributed by atoms with Crippen LogP contribution in [0, 0.1) is 12.3 Å². The van der Waals surface area contributed by atoms with E-state index in [9.17, 15) is 9.90 Å². The van der Waals surface area contributed by atoms with Crippen molar-refractivity contribution >= 4 is 17.2 Å². The zero-order chi connectivity index (χ0) is 17.2. The predicted octanol–water partition coefficient (Wildman–Crippen LogP) is 1.14. The Hall–Kier alpha value is -1.02. The first-order chi connectivity index (χ1) is 11.6. The fraction of sp³-hybridized carbons (Fsp3) is 0.765. The summed E-state index contributed by atoms with van der Waals surface area (Å²) < 4.78 is 5.68. The molecule has 6 nitrogen and oxygen atoms in total. The molecule has 1 spiro atoms. The van der Waals surface area contributed by atoms with Gasteiger partial charge in [0.2, 0.25) is 5.91 Å². The number of aromatic nitrogens is 1. The lowest BCUT2D eigenvalue weighted by molar-refractivity contribution is -0.213. The van der Waals surface area contributed by atoms with Crippen LogP contribution in [0.3, 0.4) is 0 Å². The average molecular weight is 354 g/mol. The number of nitrogens with zero attached hydrogens (tertiary/aromatic N) is 2. The molecule has 2 heterocycles. The largest absolute Gasteiger partial charge is 0.394 e. The second kappa shape index (κ2) is 7.47. The SMILES string of the molecule is Cc1ncsc1CCC(=O)N1CCC2(CC1)[C@H](O)C[C@@H]2OCCO. The molecule has 1 saturated carbocycles. The van der Waals surface area contributed by atoms with Crippen LogP contribution >= 0.6 is 11.3 Å². The van der Waals surface area contributed by atoms with Gasteiger partial charge < -0.3 is 19.8 Å². The van der Waals surface area contributed by atoms with E-state index in [0.29, 0.717) is 32.5 Å². The Morgan fingerprint density at radius 1 is 1.50 bits per heavy atom. The number of aliphatic hydroxyl groups is 2. The van der Waals surface area contributed by atoms with E-state index in [1.807, 2.05) is 17.3 Å². The monoisotopic (exact) mass is 354 g/mol. The lowest BCUT2D eigenvalue weighted by Crippen LogP contribution is -2.62. The summed E-state index contributed by atoms with van der Waals surface area (Å²) in [5.74, 6) is 0.180. The fourth-order valence-corrected chi connectivity index (χ4v) is 4.71. The standard InChI is InChI=1S/C17H26N2O4S/c1-12-13(24-11-18-12)2-3-16(22)19-6-4-17(5-7-19)14(21)10-15(17)23-9-8-20/h11,14-15,20-21H,2-10H2,1H3/t14-,15+/m1/s1. The lowest BCUT2D eigenvalue weighted by atomic mass is 9.58. The van der Waals surface area contributed by atoms with Crippen molar-refractivity contribution in [3.05, 3.63) is 16.1 Å². The van der Waals surface area contributed by atoms with Gasteiger partial charge in [-0.15, -0.1) is 11.3 Å². The molecule has 24 heavy (non-hydrogen) atoms. The van der Waals surface area contributed by atoms with Crippen molar-refractivity contribution in [2.24, 2.45) is 5.41 Å². The van der Waals surface area contributed by atoms with Gasteiger partial charge >= 0.3 is 0 Å². The molecule has 0 aromatic carbocycles. The van der Waals surface area contributed by atoms with Crippen molar-refractivity contribution in [1.82, 2.24) is 9.88 Å². The van der Waals surface area contributed by atoms with Gasteiger partial charge in [-0.2, -0.15) is 0 Å². The Bertz CT molecular complexity index is 569. The third kappa shape index (κ3) is 3.35. The van der Waals surface area contributed by atoms with Crippen molar-refractivity contribution < 1.29 is 19.7 Å². The van der Waals surface area contributed by atoms with Crippen molar-refractivity contribution in [3.8, 4) is 0 Å². The number of aryl methyl sites for hydroxylation is 2. The van der Waals surface area contributed by atoms with Gasteiger partial charge in [-0.3, -0.25) is 4.79 Å². The van der Waals surface area contributed by atoms with Crippen LogP contribution in [0.1, 0.15) is 36.3 Å². The van der Waals surface area contributed by atoms with Crippen LogP contribution in [-0.2, 0) is 16.0 Å². The number of thiazole rings is 1. The normalized spacial score (nSPS) is 25.7. The summed E-state index contributed by atoms with van der Waals surface area (Å²) in [4.78, 5) is 19.8. The summed E-state index contributed by atoms with van der Waals surface area (Å²) in [6, 6.07) is 0. The van der Waals surface area contributed by atoms with Crippen LogP contribution < -0.4 is 0 Å². The molecule has 1 aromatic heterocycles. The third-order valence-electron chi connectivity index (χ3n) is 5.61. The molecule has 1 amide bonds. The van der Waals surface area contributed by atoms with E-state index in [1.165, 1.54) is 4.88 Å². The second-order valence-corrected chi connectivity index (χ2v) is 7.75. The maximum Gasteiger partial charge on any atom is 0.222 e. The maximum atomic E-state index is 12.4. The second-order valence-electron chi connectivity index (χ2n) is 6.81. The number of amides is 1.